The van der Waals surface area contributed by atoms with Crippen LogP contribution in [0, 0.1) is 6.92 Å². The molecule has 1 saturated carbocycles. The average Bonchev–Trinajstić information content (AvgIpc) is 2.87. The van der Waals surface area contributed by atoms with Crippen LogP contribution in [0.3, 0.4) is 0 Å². The average molecular weight is 197 g/mol. The number of nitrogens with zero attached hydrogens (tertiary/aromatic N) is 1. The molecule has 1 N–H and O–H groups in total. The molecule has 0 saturated heterocycles. The Morgan fingerprint density at radius 3 is 2.69 bits per heavy atom. The molecule has 0 spiro atoms. The topological polar surface area (TPSA) is 24.9 Å². The van der Waals surface area contributed by atoms with Crippen molar-refractivity contribution in [1.29, 1.82) is 0 Å². The van der Waals surface area contributed by atoms with Crippen molar-refractivity contribution >= 4 is 17.4 Å². The number of aryl methyl sites for hydroxylation is 1. The fraction of sp³-hybridized carbons (Fsp3) is 0.500. The summed E-state index contributed by atoms with van der Waals surface area (Å²) < 4.78 is 0. The Kier molecular flexibility index (Phi) is 2.16. The summed E-state index contributed by atoms with van der Waals surface area (Å²) in [7, 11) is 1.86. The summed E-state index contributed by atoms with van der Waals surface area (Å²) in [6, 6.07) is 2.06. The number of rotatable bonds is 2. The van der Waals surface area contributed by atoms with E-state index in [1.54, 1.807) is 0 Å². The van der Waals surface area contributed by atoms with Gasteiger partial charge in [-0.3, -0.25) is 0 Å². The van der Waals surface area contributed by atoms with E-state index < -0.39 is 0 Å². The van der Waals surface area contributed by atoms with Crippen molar-refractivity contribution in [1.82, 2.24) is 4.98 Å². The van der Waals surface area contributed by atoms with Gasteiger partial charge >= 0.3 is 0 Å². The number of hydrogen-bond acceptors (Lipinski definition) is 2. The van der Waals surface area contributed by atoms with E-state index in [1.807, 2.05) is 7.05 Å². The molecule has 13 heavy (non-hydrogen) atoms. The van der Waals surface area contributed by atoms with Crippen molar-refractivity contribution in [2.24, 2.45) is 0 Å². The predicted molar refractivity (Wildman–Crippen MR) is 55.5 cm³/mol. The van der Waals surface area contributed by atoms with E-state index >= 15 is 0 Å². The first-order valence-electron chi connectivity index (χ1n) is 4.57. The summed E-state index contributed by atoms with van der Waals surface area (Å²) in [6.07, 6.45) is 2.53. The van der Waals surface area contributed by atoms with Crippen LogP contribution in [0.2, 0.25) is 5.15 Å². The van der Waals surface area contributed by atoms with Crippen molar-refractivity contribution < 1.29 is 0 Å². The van der Waals surface area contributed by atoms with Crippen LogP contribution in [0.1, 0.15) is 29.9 Å². The normalized spacial score (nSPS) is 15.9. The third-order valence-electron chi connectivity index (χ3n) is 2.46. The van der Waals surface area contributed by atoms with Crippen molar-refractivity contribution in [3.05, 3.63) is 22.3 Å². The quantitative estimate of drug-likeness (QED) is 0.736. The maximum absolute atomic E-state index is 6.10. The van der Waals surface area contributed by atoms with Gasteiger partial charge < -0.3 is 5.32 Å². The minimum Gasteiger partial charge on any atom is -0.373 e. The molecule has 0 amide bonds. The Hall–Kier alpha value is -0.760. The van der Waals surface area contributed by atoms with E-state index in [0.29, 0.717) is 11.1 Å². The van der Waals surface area contributed by atoms with Crippen LogP contribution in [0.25, 0.3) is 0 Å². The maximum atomic E-state index is 6.10. The summed E-state index contributed by atoms with van der Waals surface area (Å²) in [5.74, 6) is 1.53. The Bertz CT molecular complexity index is 309. The molecule has 0 unspecified atom stereocenters. The molecule has 1 aromatic rings. The molecular weight excluding hydrogens is 184 g/mol. The SMILES string of the molecule is CNc1cc(C)c(C2CC2)c(Cl)n1. The van der Waals surface area contributed by atoms with E-state index in [2.05, 4.69) is 23.3 Å². The summed E-state index contributed by atoms with van der Waals surface area (Å²) in [6.45, 7) is 2.10. The van der Waals surface area contributed by atoms with Gasteiger partial charge in [-0.2, -0.15) is 0 Å². The number of aromatic nitrogens is 1. The van der Waals surface area contributed by atoms with E-state index in [-0.39, 0.29) is 0 Å². The van der Waals surface area contributed by atoms with E-state index in [1.165, 1.54) is 24.0 Å². The maximum Gasteiger partial charge on any atom is 0.135 e. The lowest BCUT2D eigenvalue weighted by molar-refractivity contribution is 1.06. The first kappa shape index (κ1) is 8.82. The first-order chi connectivity index (χ1) is 6.22. The number of pyridine rings is 1. The van der Waals surface area contributed by atoms with Gasteiger partial charge in [0.05, 0.1) is 0 Å². The molecule has 2 rings (SSSR count). The molecule has 3 heteroatoms. The molecule has 0 atom stereocenters. The van der Waals surface area contributed by atoms with Gasteiger partial charge in [0.15, 0.2) is 0 Å². The van der Waals surface area contributed by atoms with Gasteiger partial charge in [-0.15, -0.1) is 0 Å². The van der Waals surface area contributed by atoms with Gasteiger partial charge in [0, 0.05) is 7.05 Å². The molecular formula is C10H13ClN2. The van der Waals surface area contributed by atoms with Crippen LogP contribution in [-0.4, -0.2) is 12.0 Å². The Balaban J connectivity index is 2.44. The van der Waals surface area contributed by atoms with Gasteiger partial charge in [0.2, 0.25) is 0 Å². The minimum atomic E-state index is 0.672. The van der Waals surface area contributed by atoms with E-state index in [9.17, 15) is 0 Å². The van der Waals surface area contributed by atoms with Crippen LogP contribution in [-0.2, 0) is 0 Å². The number of anilines is 1. The van der Waals surface area contributed by atoms with Crippen LogP contribution in [0.4, 0.5) is 5.82 Å². The molecule has 1 aliphatic carbocycles. The largest absolute Gasteiger partial charge is 0.373 e. The van der Waals surface area contributed by atoms with Crippen LogP contribution < -0.4 is 5.32 Å². The number of halogens is 1. The van der Waals surface area contributed by atoms with E-state index in [0.717, 1.165) is 5.82 Å². The Morgan fingerprint density at radius 1 is 1.54 bits per heavy atom. The monoisotopic (exact) mass is 196 g/mol. The molecule has 0 aliphatic heterocycles. The summed E-state index contributed by atoms with van der Waals surface area (Å²) in [5.41, 5.74) is 2.51. The summed E-state index contributed by atoms with van der Waals surface area (Å²) in [5, 5.41) is 3.67. The molecule has 1 aromatic heterocycles. The zero-order valence-corrected chi connectivity index (χ0v) is 8.65. The fourth-order valence-corrected chi connectivity index (χ4v) is 2.03. The van der Waals surface area contributed by atoms with Crippen LogP contribution in [0.15, 0.2) is 6.07 Å². The highest BCUT2D eigenvalue weighted by Gasteiger charge is 2.28. The van der Waals surface area contributed by atoms with Gasteiger partial charge in [0.1, 0.15) is 11.0 Å². The molecule has 0 radical (unpaired) electrons. The summed E-state index contributed by atoms with van der Waals surface area (Å²) in [4.78, 5) is 4.27. The predicted octanol–water partition coefficient (Wildman–Crippen LogP) is 2.96. The highest BCUT2D eigenvalue weighted by atomic mass is 35.5. The lowest BCUT2D eigenvalue weighted by Crippen LogP contribution is -1.97. The molecule has 1 aliphatic rings. The number of nitrogens with one attached hydrogen (secondary N) is 1. The molecule has 0 bridgehead atoms. The van der Waals surface area contributed by atoms with Crippen molar-refractivity contribution in [3.8, 4) is 0 Å². The standard InChI is InChI=1S/C10H13ClN2/c1-6-5-8(12-2)13-10(11)9(6)7-3-4-7/h5,7H,3-4H2,1-2H3,(H,12,13). The minimum absolute atomic E-state index is 0.672. The molecule has 1 heterocycles. The van der Waals surface area contributed by atoms with Crippen LogP contribution in [0.5, 0.6) is 0 Å². The second-order valence-electron chi connectivity index (χ2n) is 3.55. The lowest BCUT2D eigenvalue weighted by atomic mass is 10.1. The highest BCUT2D eigenvalue weighted by molar-refractivity contribution is 6.30. The zero-order chi connectivity index (χ0) is 9.42. The molecule has 2 nitrogen and oxygen atoms in total. The highest BCUT2D eigenvalue weighted by Crippen LogP contribution is 2.44. The second kappa shape index (κ2) is 3.18. The van der Waals surface area contributed by atoms with Gasteiger partial charge in [0.25, 0.3) is 0 Å². The molecule has 0 aromatic carbocycles. The van der Waals surface area contributed by atoms with Crippen molar-refractivity contribution in [3.63, 3.8) is 0 Å². The van der Waals surface area contributed by atoms with Gasteiger partial charge in [-0.05, 0) is 42.9 Å². The zero-order valence-electron chi connectivity index (χ0n) is 7.89. The fourth-order valence-electron chi connectivity index (χ4n) is 1.63. The molecule has 70 valence electrons. The van der Waals surface area contributed by atoms with Gasteiger partial charge in [-0.1, -0.05) is 11.6 Å². The van der Waals surface area contributed by atoms with Gasteiger partial charge in [-0.25, -0.2) is 4.98 Å². The van der Waals surface area contributed by atoms with E-state index in [4.69, 9.17) is 11.6 Å². The third-order valence-corrected chi connectivity index (χ3v) is 2.75. The van der Waals surface area contributed by atoms with Crippen molar-refractivity contribution in [2.75, 3.05) is 12.4 Å². The Labute approximate surface area is 83.3 Å². The van der Waals surface area contributed by atoms with Crippen LogP contribution >= 0.6 is 11.6 Å². The lowest BCUT2D eigenvalue weighted by Gasteiger charge is -2.08. The molecule has 1 fully saturated rings. The smallest absolute Gasteiger partial charge is 0.135 e. The third kappa shape index (κ3) is 1.63. The Morgan fingerprint density at radius 2 is 2.23 bits per heavy atom. The summed E-state index contributed by atoms with van der Waals surface area (Å²) >= 11 is 6.10. The van der Waals surface area contributed by atoms with Crippen molar-refractivity contribution in [2.45, 2.75) is 25.7 Å². The second-order valence-corrected chi connectivity index (χ2v) is 3.91. The first-order valence-corrected chi connectivity index (χ1v) is 4.95. The number of hydrogen-bond donors (Lipinski definition) is 1.